The number of hydrogen-bond acceptors (Lipinski definition) is 4. The van der Waals surface area contributed by atoms with E-state index in [0.29, 0.717) is 23.4 Å². The molecule has 112 valence electrons. The van der Waals surface area contributed by atoms with Crippen molar-refractivity contribution in [2.24, 2.45) is 5.14 Å². The Balaban J connectivity index is 2.27. The molecule has 2 aromatic carbocycles. The summed E-state index contributed by atoms with van der Waals surface area (Å²) >= 11 is 5.84. The predicted octanol–water partition coefficient (Wildman–Crippen LogP) is 2.61. The lowest BCUT2D eigenvalue weighted by molar-refractivity contribution is 0.469. The van der Waals surface area contributed by atoms with Gasteiger partial charge in [0.1, 0.15) is 5.75 Å². The smallest absolute Gasteiger partial charge is 0.238 e. The molecule has 0 aromatic heterocycles. The summed E-state index contributed by atoms with van der Waals surface area (Å²) in [6, 6.07) is 9.85. The molecule has 21 heavy (non-hydrogen) atoms. The van der Waals surface area contributed by atoms with Crippen LogP contribution in [0.2, 0.25) is 5.02 Å². The van der Waals surface area contributed by atoms with Gasteiger partial charge in [0.2, 0.25) is 10.0 Å². The minimum absolute atomic E-state index is 0.00641. The van der Waals surface area contributed by atoms with Crippen molar-refractivity contribution in [3.63, 3.8) is 0 Å². The summed E-state index contributed by atoms with van der Waals surface area (Å²) in [5.74, 6) is 0.00641. The van der Waals surface area contributed by atoms with Crippen LogP contribution in [0.25, 0.3) is 0 Å². The van der Waals surface area contributed by atoms with Gasteiger partial charge in [-0.15, -0.1) is 0 Å². The molecule has 2 aromatic rings. The zero-order valence-corrected chi connectivity index (χ0v) is 12.9. The Hall–Kier alpha value is -1.76. The van der Waals surface area contributed by atoms with Crippen LogP contribution >= 0.6 is 11.6 Å². The minimum Gasteiger partial charge on any atom is -0.506 e. The molecule has 0 saturated carbocycles. The lowest BCUT2D eigenvalue weighted by Crippen LogP contribution is -2.14. The highest BCUT2D eigenvalue weighted by Gasteiger charge is 2.14. The number of benzene rings is 2. The first-order valence-electron chi connectivity index (χ1n) is 6.13. The van der Waals surface area contributed by atoms with Gasteiger partial charge in [-0.05, 0) is 30.7 Å². The zero-order chi connectivity index (χ0) is 15.6. The quantitative estimate of drug-likeness (QED) is 0.805. The molecule has 5 nitrogen and oxygen atoms in total. The Labute approximate surface area is 128 Å². The number of anilines is 1. The average Bonchev–Trinajstić information content (AvgIpc) is 2.40. The molecule has 0 fully saturated rings. The Bertz CT molecular complexity index is 776. The highest BCUT2D eigenvalue weighted by molar-refractivity contribution is 7.89. The lowest BCUT2D eigenvalue weighted by atomic mass is 10.1. The first-order chi connectivity index (χ1) is 9.80. The highest BCUT2D eigenvalue weighted by atomic mass is 35.5. The van der Waals surface area contributed by atoms with E-state index >= 15 is 0 Å². The molecule has 0 aliphatic rings. The predicted molar refractivity (Wildman–Crippen MR) is 83.0 cm³/mol. The molecule has 4 N–H and O–H groups in total. The van der Waals surface area contributed by atoms with Crippen molar-refractivity contribution >= 4 is 27.3 Å². The molecule has 0 bridgehead atoms. The van der Waals surface area contributed by atoms with Crippen LogP contribution in [0.15, 0.2) is 41.3 Å². The maximum absolute atomic E-state index is 11.5. The Morgan fingerprint density at radius 2 is 1.90 bits per heavy atom. The molecular formula is C14H15ClN2O3S. The van der Waals surface area contributed by atoms with Gasteiger partial charge in [-0.25, -0.2) is 13.6 Å². The number of sulfonamides is 1. The summed E-state index contributed by atoms with van der Waals surface area (Å²) in [6.45, 7) is 1.97. The number of para-hydroxylation sites is 1. The molecule has 0 aliphatic carbocycles. The van der Waals surface area contributed by atoms with Crippen molar-refractivity contribution < 1.29 is 13.5 Å². The van der Waals surface area contributed by atoms with Crippen molar-refractivity contribution in [1.82, 2.24) is 0 Å². The van der Waals surface area contributed by atoms with Crippen molar-refractivity contribution in [2.75, 3.05) is 5.32 Å². The number of aromatic hydroxyl groups is 1. The van der Waals surface area contributed by atoms with Crippen LogP contribution in [0, 0.1) is 6.92 Å². The van der Waals surface area contributed by atoms with Crippen molar-refractivity contribution in [3.05, 3.63) is 52.5 Å². The number of rotatable bonds is 4. The van der Waals surface area contributed by atoms with E-state index in [2.05, 4.69) is 5.32 Å². The molecule has 0 radical (unpaired) electrons. The molecule has 0 unspecified atom stereocenters. The summed E-state index contributed by atoms with van der Waals surface area (Å²) in [6.07, 6.45) is 0. The fourth-order valence-electron chi connectivity index (χ4n) is 2.01. The van der Waals surface area contributed by atoms with Crippen molar-refractivity contribution in [2.45, 2.75) is 18.4 Å². The van der Waals surface area contributed by atoms with Crippen LogP contribution in [-0.4, -0.2) is 13.5 Å². The van der Waals surface area contributed by atoms with Gasteiger partial charge < -0.3 is 10.4 Å². The standard InChI is InChI=1S/C14H15ClN2O3S/c1-9-12(6-3-7-13(9)21(16,19)20)17-8-10-4-2-5-11(15)14(10)18/h2-7,17-18H,8H2,1H3,(H2,16,19,20). The number of phenols is 1. The van der Waals surface area contributed by atoms with Crippen LogP contribution in [0.4, 0.5) is 5.69 Å². The maximum Gasteiger partial charge on any atom is 0.238 e. The summed E-state index contributed by atoms with van der Waals surface area (Å²) in [5.41, 5.74) is 1.77. The number of primary sulfonamides is 1. The van der Waals surface area contributed by atoms with Gasteiger partial charge in [-0.1, -0.05) is 29.8 Å². The molecule has 0 spiro atoms. The second-order valence-electron chi connectivity index (χ2n) is 4.57. The zero-order valence-electron chi connectivity index (χ0n) is 11.3. The molecule has 0 atom stereocenters. The van der Waals surface area contributed by atoms with Crippen LogP contribution < -0.4 is 10.5 Å². The van der Waals surface area contributed by atoms with E-state index in [0.717, 1.165) is 0 Å². The molecule has 0 aliphatic heterocycles. The van der Waals surface area contributed by atoms with Gasteiger partial charge >= 0.3 is 0 Å². The van der Waals surface area contributed by atoms with E-state index in [1.807, 2.05) is 0 Å². The second-order valence-corrected chi connectivity index (χ2v) is 6.51. The Morgan fingerprint density at radius 3 is 2.57 bits per heavy atom. The third-order valence-corrected chi connectivity index (χ3v) is 4.49. The van der Waals surface area contributed by atoms with Crippen LogP contribution in [-0.2, 0) is 16.6 Å². The number of halogens is 1. The van der Waals surface area contributed by atoms with E-state index in [-0.39, 0.29) is 15.7 Å². The van der Waals surface area contributed by atoms with E-state index in [4.69, 9.17) is 16.7 Å². The van der Waals surface area contributed by atoms with Crippen LogP contribution in [0.1, 0.15) is 11.1 Å². The minimum atomic E-state index is -3.76. The monoisotopic (exact) mass is 326 g/mol. The van der Waals surface area contributed by atoms with Gasteiger partial charge in [0, 0.05) is 17.8 Å². The molecule has 0 saturated heterocycles. The van der Waals surface area contributed by atoms with E-state index in [1.54, 1.807) is 37.3 Å². The van der Waals surface area contributed by atoms with Crippen molar-refractivity contribution in [1.29, 1.82) is 0 Å². The number of hydrogen-bond donors (Lipinski definition) is 3. The topological polar surface area (TPSA) is 92.4 Å². The van der Waals surface area contributed by atoms with Gasteiger partial charge in [-0.2, -0.15) is 0 Å². The third kappa shape index (κ3) is 3.47. The van der Waals surface area contributed by atoms with E-state index < -0.39 is 10.0 Å². The first-order valence-corrected chi connectivity index (χ1v) is 8.06. The normalized spacial score (nSPS) is 11.4. The number of nitrogens with two attached hydrogens (primary N) is 1. The number of nitrogens with one attached hydrogen (secondary N) is 1. The third-order valence-electron chi connectivity index (χ3n) is 3.13. The average molecular weight is 327 g/mol. The molecule has 2 rings (SSSR count). The molecular weight excluding hydrogens is 312 g/mol. The van der Waals surface area contributed by atoms with Crippen LogP contribution in [0.5, 0.6) is 5.75 Å². The highest BCUT2D eigenvalue weighted by Crippen LogP contribution is 2.28. The van der Waals surface area contributed by atoms with Gasteiger partial charge in [0.25, 0.3) is 0 Å². The fourth-order valence-corrected chi connectivity index (χ4v) is 3.01. The summed E-state index contributed by atoms with van der Waals surface area (Å²) in [4.78, 5) is 0.0721. The Kier molecular flexibility index (Phi) is 4.41. The van der Waals surface area contributed by atoms with Crippen LogP contribution in [0.3, 0.4) is 0 Å². The first kappa shape index (κ1) is 15.6. The van der Waals surface area contributed by atoms with E-state index in [1.165, 1.54) is 6.07 Å². The molecule has 0 amide bonds. The van der Waals surface area contributed by atoms with Crippen molar-refractivity contribution in [3.8, 4) is 5.75 Å². The Morgan fingerprint density at radius 1 is 1.24 bits per heavy atom. The second kappa shape index (κ2) is 5.93. The summed E-state index contributed by atoms with van der Waals surface area (Å²) in [7, 11) is -3.76. The van der Waals surface area contributed by atoms with Gasteiger partial charge in [0.15, 0.2) is 0 Å². The van der Waals surface area contributed by atoms with E-state index in [9.17, 15) is 13.5 Å². The van der Waals surface area contributed by atoms with Gasteiger partial charge in [-0.3, -0.25) is 0 Å². The molecule has 0 heterocycles. The largest absolute Gasteiger partial charge is 0.506 e. The fraction of sp³-hybridized carbons (Fsp3) is 0.143. The summed E-state index contributed by atoms with van der Waals surface area (Å²) < 4.78 is 22.9. The number of phenolic OH excluding ortho intramolecular Hbond substituents is 1. The molecule has 7 heteroatoms. The van der Waals surface area contributed by atoms with Gasteiger partial charge in [0.05, 0.1) is 9.92 Å². The summed E-state index contributed by atoms with van der Waals surface area (Å²) in [5, 5.41) is 18.3. The SMILES string of the molecule is Cc1c(NCc2cccc(Cl)c2O)cccc1S(N)(=O)=O. The maximum atomic E-state index is 11.5. The lowest BCUT2D eigenvalue weighted by Gasteiger charge is -2.13.